The molecular weight excluding hydrogens is 420 g/mol. The van der Waals surface area contributed by atoms with Gasteiger partial charge in [0.05, 0.1) is 6.54 Å². The van der Waals surface area contributed by atoms with Gasteiger partial charge in [-0.25, -0.2) is 0 Å². The number of rotatable bonds is 7. The summed E-state index contributed by atoms with van der Waals surface area (Å²) in [6, 6.07) is 14.9. The molecule has 5 rings (SSSR count). The van der Waals surface area contributed by atoms with Crippen molar-refractivity contribution < 1.29 is 0 Å². The predicted molar refractivity (Wildman–Crippen MR) is 133 cm³/mol. The van der Waals surface area contributed by atoms with Gasteiger partial charge >= 0.3 is 0 Å². The lowest BCUT2D eigenvalue weighted by atomic mass is 10.0. The number of nitrogens with zero attached hydrogens (tertiary/aromatic N) is 5. The molecular formula is C23H24N8S. The van der Waals surface area contributed by atoms with E-state index in [4.69, 9.17) is 5.73 Å². The van der Waals surface area contributed by atoms with E-state index < -0.39 is 0 Å². The van der Waals surface area contributed by atoms with Crippen LogP contribution in [0.1, 0.15) is 11.1 Å². The van der Waals surface area contributed by atoms with Crippen LogP contribution in [-0.2, 0) is 6.54 Å². The van der Waals surface area contributed by atoms with E-state index in [9.17, 15) is 0 Å². The fourth-order valence-corrected chi connectivity index (χ4v) is 4.78. The van der Waals surface area contributed by atoms with Gasteiger partial charge < -0.3 is 21.3 Å². The Hall–Kier alpha value is -3.56. The van der Waals surface area contributed by atoms with Gasteiger partial charge in [-0.05, 0) is 54.9 Å². The molecule has 4 aromatic rings. The lowest BCUT2D eigenvalue weighted by Gasteiger charge is -2.13. The summed E-state index contributed by atoms with van der Waals surface area (Å²) < 4.78 is 1.27. The molecule has 0 radical (unpaired) electrons. The van der Waals surface area contributed by atoms with Gasteiger partial charge in [0.2, 0.25) is 17.8 Å². The van der Waals surface area contributed by atoms with Crippen LogP contribution in [0.25, 0.3) is 20.5 Å². The highest BCUT2D eigenvalue weighted by Crippen LogP contribution is 2.39. The first-order valence-electron chi connectivity index (χ1n) is 10.4. The summed E-state index contributed by atoms with van der Waals surface area (Å²) >= 11 is 1.79. The van der Waals surface area contributed by atoms with Crippen LogP contribution in [0.2, 0.25) is 0 Å². The monoisotopic (exact) mass is 444 g/mol. The van der Waals surface area contributed by atoms with Gasteiger partial charge in [-0.1, -0.05) is 18.2 Å². The molecule has 0 atom stereocenters. The average molecular weight is 445 g/mol. The molecule has 0 aliphatic carbocycles. The summed E-state index contributed by atoms with van der Waals surface area (Å²) in [5.41, 5.74) is 10.3. The van der Waals surface area contributed by atoms with Crippen molar-refractivity contribution >= 4 is 51.2 Å². The lowest BCUT2D eigenvalue weighted by Crippen LogP contribution is -2.22. The predicted octanol–water partition coefficient (Wildman–Crippen LogP) is 3.99. The van der Waals surface area contributed by atoms with Gasteiger partial charge in [0.25, 0.3) is 0 Å². The third kappa shape index (κ3) is 4.25. The smallest absolute Gasteiger partial charge is 0.233 e. The number of aromatic nitrogens is 3. The highest BCUT2D eigenvalue weighted by atomic mass is 32.1. The normalized spacial score (nSPS) is 12.5. The second kappa shape index (κ2) is 8.52. The van der Waals surface area contributed by atoms with Crippen molar-refractivity contribution in [1.82, 2.24) is 19.9 Å². The van der Waals surface area contributed by atoms with Gasteiger partial charge in [-0.3, -0.25) is 4.99 Å². The third-order valence-electron chi connectivity index (χ3n) is 5.21. The SMILES string of the molecule is CN(C)CCNc1nc(N)nc(Nc2cc3c(c(-c4cc5ccccc5s4)c2)CN=C3)n1. The Kier molecular flexibility index (Phi) is 5.42. The molecule has 2 aromatic heterocycles. The molecule has 4 N–H and O–H groups in total. The van der Waals surface area contributed by atoms with E-state index in [2.05, 4.69) is 77.9 Å². The molecule has 0 spiro atoms. The third-order valence-corrected chi connectivity index (χ3v) is 6.36. The zero-order valence-electron chi connectivity index (χ0n) is 18.0. The zero-order chi connectivity index (χ0) is 22.1. The van der Waals surface area contributed by atoms with Crippen molar-refractivity contribution in [3.63, 3.8) is 0 Å². The second-order valence-electron chi connectivity index (χ2n) is 7.91. The summed E-state index contributed by atoms with van der Waals surface area (Å²) in [4.78, 5) is 20.7. The molecule has 0 amide bonds. The Labute approximate surface area is 190 Å². The molecule has 3 heterocycles. The first kappa shape index (κ1) is 20.3. The van der Waals surface area contributed by atoms with Gasteiger partial charge in [0.1, 0.15) is 0 Å². The van der Waals surface area contributed by atoms with Crippen LogP contribution in [0.4, 0.5) is 23.5 Å². The average Bonchev–Trinajstić information content (AvgIpc) is 3.39. The molecule has 162 valence electrons. The van der Waals surface area contributed by atoms with Crippen LogP contribution >= 0.6 is 11.3 Å². The van der Waals surface area contributed by atoms with E-state index in [1.165, 1.54) is 26.1 Å². The maximum atomic E-state index is 5.93. The highest BCUT2D eigenvalue weighted by Gasteiger charge is 2.17. The summed E-state index contributed by atoms with van der Waals surface area (Å²) in [6.45, 7) is 2.26. The van der Waals surface area contributed by atoms with E-state index in [0.717, 1.165) is 17.8 Å². The van der Waals surface area contributed by atoms with Crippen LogP contribution in [0.15, 0.2) is 47.5 Å². The molecule has 1 aliphatic rings. The molecule has 0 saturated heterocycles. The fourth-order valence-electron chi connectivity index (χ4n) is 3.68. The number of likely N-dealkylation sites (N-methyl/N-ethyl adjacent to an activating group) is 1. The van der Waals surface area contributed by atoms with Crippen molar-refractivity contribution in [1.29, 1.82) is 0 Å². The topological polar surface area (TPSA) is 104 Å². The number of benzene rings is 2. The molecule has 8 nitrogen and oxygen atoms in total. The first-order chi connectivity index (χ1) is 15.5. The number of anilines is 4. The van der Waals surface area contributed by atoms with Crippen molar-refractivity contribution in [2.45, 2.75) is 6.54 Å². The molecule has 2 aromatic carbocycles. The summed E-state index contributed by atoms with van der Waals surface area (Å²) in [6.07, 6.45) is 1.92. The quantitative estimate of drug-likeness (QED) is 0.396. The second-order valence-corrected chi connectivity index (χ2v) is 8.99. The van der Waals surface area contributed by atoms with E-state index in [-0.39, 0.29) is 5.95 Å². The fraction of sp³-hybridized carbons (Fsp3) is 0.217. The van der Waals surface area contributed by atoms with Gasteiger partial charge in [-0.15, -0.1) is 11.3 Å². The minimum atomic E-state index is 0.169. The highest BCUT2D eigenvalue weighted by molar-refractivity contribution is 7.22. The zero-order valence-corrected chi connectivity index (χ0v) is 18.8. The van der Waals surface area contributed by atoms with Crippen molar-refractivity contribution in [3.05, 3.63) is 53.6 Å². The number of nitrogens with two attached hydrogens (primary N) is 1. The summed E-state index contributed by atoms with van der Waals surface area (Å²) in [5, 5.41) is 7.75. The number of hydrogen-bond acceptors (Lipinski definition) is 9. The van der Waals surface area contributed by atoms with Crippen LogP contribution < -0.4 is 16.4 Å². The van der Waals surface area contributed by atoms with Crippen molar-refractivity contribution in [2.24, 2.45) is 4.99 Å². The molecule has 1 aliphatic heterocycles. The molecule has 9 heteroatoms. The van der Waals surface area contributed by atoms with E-state index in [1.807, 2.05) is 20.3 Å². The minimum Gasteiger partial charge on any atom is -0.368 e. The van der Waals surface area contributed by atoms with E-state index in [1.54, 1.807) is 11.3 Å². The first-order valence-corrected chi connectivity index (χ1v) is 11.2. The Bertz CT molecular complexity index is 1280. The van der Waals surface area contributed by atoms with Crippen LogP contribution in [0.5, 0.6) is 0 Å². The van der Waals surface area contributed by atoms with E-state index >= 15 is 0 Å². The van der Waals surface area contributed by atoms with Crippen molar-refractivity contribution in [3.8, 4) is 10.4 Å². The lowest BCUT2D eigenvalue weighted by molar-refractivity contribution is 0.425. The van der Waals surface area contributed by atoms with E-state index in [0.29, 0.717) is 25.0 Å². The largest absolute Gasteiger partial charge is 0.368 e. The summed E-state index contributed by atoms with van der Waals surface area (Å²) in [7, 11) is 4.03. The number of nitrogens with one attached hydrogen (secondary N) is 2. The van der Waals surface area contributed by atoms with Crippen LogP contribution in [-0.4, -0.2) is 53.3 Å². The summed E-state index contributed by atoms with van der Waals surface area (Å²) in [5.74, 6) is 1.03. The maximum absolute atomic E-state index is 5.93. The maximum Gasteiger partial charge on any atom is 0.233 e. The standard InChI is InChI=1S/C23H24N8S/c1-31(2)8-7-26-22-28-21(24)29-23(30-22)27-16-9-15-12-25-13-18(15)17(11-16)20-10-14-5-3-4-6-19(14)32-20/h3-6,9-12H,7-8,13H2,1-2H3,(H4,24,26,27,28,29,30). The van der Waals surface area contributed by atoms with Gasteiger partial charge in [0.15, 0.2) is 0 Å². The molecule has 32 heavy (non-hydrogen) atoms. The Balaban J connectivity index is 1.46. The van der Waals surface area contributed by atoms with Crippen LogP contribution in [0, 0.1) is 0 Å². The molecule has 0 bridgehead atoms. The molecule has 0 unspecified atom stereocenters. The number of hydrogen-bond donors (Lipinski definition) is 3. The van der Waals surface area contributed by atoms with Gasteiger partial charge in [-0.2, -0.15) is 15.0 Å². The Morgan fingerprint density at radius 2 is 1.91 bits per heavy atom. The number of thiophene rings is 1. The Morgan fingerprint density at radius 1 is 1.06 bits per heavy atom. The molecule has 0 fully saturated rings. The Morgan fingerprint density at radius 3 is 2.75 bits per heavy atom. The minimum absolute atomic E-state index is 0.169. The van der Waals surface area contributed by atoms with Crippen molar-refractivity contribution in [2.75, 3.05) is 43.6 Å². The van der Waals surface area contributed by atoms with Crippen LogP contribution in [0.3, 0.4) is 0 Å². The van der Waals surface area contributed by atoms with Gasteiger partial charge in [0, 0.05) is 40.1 Å². The number of aliphatic imine (C=N–C) groups is 1. The molecule has 0 saturated carbocycles. The number of fused-ring (bicyclic) bond motifs is 2. The number of nitrogen functional groups attached to an aromatic ring is 1.